The minimum atomic E-state index is -0.603. The summed E-state index contributed by atoms with van der Waals surface area (Å²) in [7, 11) is 0. The van der Waals surface area contributed by atoms with Gasteiger partial charge in [-0.25, -0.2) is 0 Å². The molecule has 0 spiro atoms. The van der Waals surface area contributed by atoms with E-state index in [-0.39, 0.29) is 28.8 Å². The number of ether oxygens (including phenoxy) is 1. The molecule has 0 atom stereocenters. The van der Waals surface area contributed by atoms with E-state index in [0.717, 1.165) is 17.4 Å². The van der Waals surface area contributed by atoms with Gasteiger partial charge in [0.15, 0.2) is 0 Å². The fourth-order valence-corrected chi connectivity index (χ4v) is 2.76. The first-order valence-corrected chi connectivity index (χ1v) is 8.60. The Bertz CT molecular complexity index is 923. The molecule has 1 heterocycles. The van der Waals surface area contributed by atoms with Crippen molar-refractivity contribution in [2.75, 3.05) is 6.61 Å². The van der Waals surface area contributed by atoms with Crippen LogP contribution in [0.1, 0.15) is 53.7 Å². The van der Waals surface area contributed by atoms with Gasteiger partial charge >= 0.3 is 0 Å². The number of carbonyl (C=O) groups excluding carboxylic acids is 1. The number of nitriles is 1. The molecule has 1 aromatic carbocycles. The molecular weight excluding hydrogens is 332 g/mol. The Morgan fingerprint density at radius 3 is 2.62 bits per heavy atom. The third-order valence-electron chi connectivity index (χ3n) is 4.23. The molecule has 0 aliphatic rings. The minimum absolute atomic E-state index is 0.0467. The third-order valence-corrected chi connectivity index (χ3v) is 4.23. The Labute approximate surface area is 152 Å². The van der Waals surface area contributed by atoms with Crippen molar-refractivity contribution in [1.82, 2.24) is 4.57 Å². The number of para-hydroxylation sites is 1. The summed E-state index contributed by atoms with van der Waals surface area (Å²) in [6.07, 6.45) is 1.81. The number of carbonyl (C=O) groups is 1. The van der Waals surface area contributed by atoms with Crippen molar-refractivity contribution < 1.29 is 14.6 Å². The lowest BCUT2D eigenvalue weighted by Crippen LogP contribution is -2.26. The highest BCUT2D eigenvalue weighted by Gasteiger charge is 2.26. The smallest absolute Gasteiger partial charge is 0.271 e. The number of nitrogens with zero attached hydrogens (tertiary/aromatic N) is 2. The molecule has 0 radical (unpaired) electrons. The van der Waals surface area contributed by atoms with Crippen molar-refractivity contribution in [1.29, 1.82) is 5.26 Å². The fraction of sp³-hybridized carbons (Fsp3) is 0.350. The van der Waals surface area contributed by atoms with Gasteiger partial charge in [-0.3, -0.25) is 14.2 Å². The number of ketones is 1. The van der Waals surface area contributed by atoms with Crippen LogP contribution < -0.4 is 10.3 Å². The highest BCUT2D eigenvalue weighted by Crippen LogP contribution is 2.28. The summed E-state index contributed by atoms with van der Waals surface area (Å²) in [5, 5.41) is 19.8. The molecule has 0 aliphatic carbocycles. The fourth-order valence-electron chi connectivity index (χ4n) is 2.76. The van der Waals surface area contributed by atoms with Crippen LogP contribution in [0.25, 0.3) is 0 Å². The van der Waals surface area contributed by atoms with Crippen molar-refractivity contribution in [2.45, 2.75) is 40.2 Å². The summed E-state index contributed by atoms with van der Waals surface area (Å²) < 4.78 is 6.73. The standard InChI is InChI=1S/C20H22N2O4/c1-4-6-11-26-16-10-8-7-9-14(16)18(23)17-13(3)15(12-21)19(24)22(5-2)20(17)25/h7-10,25H,4-6,11H2,1-3H3. The average Bonchev–Trinajstić information content (AvgIpc) is 2.63. The van der Waals surface area contributed by atoms with Gasteiger partial charge in [-0.2, -0.15) is 5.26 Å². The lowest BCUT2D eigenvalue weighted by atomic mass is 9.96. The molecule has 0 aliphatic heterocycles. The normalized spacial score (nSPS) is 10.4. The van der Waals surface area contributed by atoms with Crippen molar-refractivity contribution in [3.63, 3.8) is 0 Å². The minimum Gasteiger partial charge on any atom is -0.494 e. The topological polar surface area (TPSA) is 92.3 Å². The lowest BCUT2D eigenvalue weighted by Gasteiger charge is -2.16. The second kappa shape index (κ2) is 8.34. The number of rotatable bonds is 7. The molecule has 2 aromatic rings. The molecule has 136 valence electrons. The highest BCUT2D eigenvalue weighted by molar-refractivity contribution is 6.13. The zero-order valence-electron chi connectivity index (χ0n) is 15.2. The van der Waals surface area contributed by atoms with E-state index in [1.807, 2.05) is 13.0 Å². The monoisotopic (exact) mass is 354 g/mol. The summed E-state index contributed by atoms with van der Waals surface area (Å²) in [4.78, 5) is 25.4. The molecule has 1 N–H and O–H groups in total. The summed E-state index contributed by atoms with van der Waals surface area (Å²) in [6, 6.07) is 8.60. The Morgan fingerprint density at radius 2 is 2.00 bits per heavy atom. The molecule has 0 unspecified atom stereocenters. The van der Waals surface area contributed by atoms with E-state index in [1.165, 1.54) is 6.92 Å². The van der Waals surface area contributed by atoms with Crippen LogP contribution in [0.3, 0.4) is 0 Å². The van der Waals surface area contributed by atoms with Crippen molar-refractivity contribution in [3.05, 3.63) is 56.9 Å². The van der Waals surface area contributed by atoms with Crippen molar-refractivity contribution >= 4 is 5.78 Å². The Balaban J connectivity index is 2.62. The van der Waals surface area contributed by atoms with Gasteiger partial charge in [0.05, 0.1) is 17.7 Å². The molecule has 2 rings (SSSR count). The highest BCUT2D eigenvalue weighted by atomic mass is 16.5. The molecule has 0 amide bonds. The van der Waals surface area contributed by atoms with E-state index in [1.54, 1.807) is 31.2 Å². The first-order valence-electron chi connectivity index (χ1n) is 8.60. The van der Waals surface area contributed by atoms with Crippen LogP contribution in [-0.2, 0) is 6.54 Å². The van der Waals surface area contributed by atoms with Crippen LogP contribution in [-0.4, -0.2) is 22.1 Å². The number of hydrogen-bond donors (Lipinski definition) is 1. The molecule has 1 aromatic heterocycles. The summed E-state index contributed by atoms with van der Waals surface area (Å²) in [5.41, 5.74) is -0.332. The maximum atomic E-state index is 13.1. The molecule has 26 heavy (non-hydrogen) atoms. The SMILES string of the molecule is CCCCOc1ccccc1C(=O)c1c(C)c(C#N)c(=O)n(CC)c1O. The summed E-state index contributed by atoms with van der Waals surface area (Å²) >= 11 is 0. The van der Waals surface area contributed by atoms with Gasteiger partial charge in [0.2, 0.25) is 11.7 Å². The number of unbranched alkanes of at least 4 members (excludes halogenated alkanes) is 1. The van der Waals surface area contributed by atoms with Gasteiger partial charge in [0.1, 0.15) is 17.4 Å². The lowest BCUT2D eigenvalue weighted by molar-refractivity contribution is 0.103. The Kier molecular flexibility index (Phi) is 6.18. The van der Waals surface area contributed by atoms with Gasteiger partial charge in [0.25, 0.3) is 5.56 Å². The average molecular weight is 354 g/mol. The summed E-state index contributed by atoms with van der Waals surface area (Å²) in [6.45, 7) is 5.82. The van der Waals surface area contributed by atoms with Crippen LogP contribution in [0.2, 0.25) is 0 Å². The zero-order chi connectivity index (χ0) is 19.3. The van der Waals surface area contributed by atoms with Gasteiger partial charge in [-0.15, -0.1) is 0 Å². The first-order chi connectivity index (χ1) is 12.5. The van der Waals surface area contributed by atoms with Crippen LogP contribution in [0.5, 0.6) is 11.6 Å². The number of hydrogen-bond acceptors (Lipinski definition) is 5. The van der Waals surface area contributed by atoms with Gasteiger partial charge in [-0.1, -0.05) is 25.5 Å². The Morgan fingerprint density at radius 1 is 1.31 bits per heavy atom. The van der Waals surface area contributed by atoms with E-state index < -0.39 is 17.2 Å². The predicted molar refractivity (Wildman–Crippen MR) is 97.8 cm³/mol. The first kappa shape index (κ1) is 19.3. The number of benzene rings is 1. The second-order valence-electron chi connectivity index (χ2n) is 5.89. The van der Waals surface area contributed by atoms with E-state index in [2.05, 4.69) is 0 Å². The number of pyridine rings is 1. The van der Waals surface area contributed by atoms with E-state index in [9.17, 15) is 20.0 Å². The van der Waals surface area contributed by atoms with Crippen LogP contribution in [0.4, 0.5) is 0 Å². The molecular formula is C20H22N2O4. The van der Waals surface area contributed by atoms with Gasteiger partial charge in [0, 0.05) is 6.54 Å². The molecule has 6 heteroatoms. The largest absolute Gasteiger partial charge is 0.494 e. The van der Waals surface area contributed by atoms with Crippen LogP contribution in [0, 0.1) is 18.3 Å². The van der Waals surface area contributed by atoms with E-state index >= 15 is 0 Å². The maximum Gasteiger partial charge on any atom is 0.271 e. The maximum absolute atomic E-state index is 13.1. The Hall–Kier alpha value is -3.07. The quantitative estimate of drug-likeness (QED) is 0.609. The molecule has 0 fully saturated rings. The van der Waals surface area contributed by atoms with Crippen molar-refractivity contribution in [3.8, 4) is 17.7 Å². The second-order valence-corrected chi connectivity index (χ2v) is 5.89. The van der Waals surface area contributed by atoms with Gasteiger partial charge in [-0.05, 0) is 38.0 Å². The molecule has 6 nitrogen and oxygen atoms in total. The van der Waals surface area contributed by atoms with E-state index in [4.69, 9.17) is 4.74 Å². The molecule has 0 bridgehead atoms. The predicted octanol–water partition coefficient (Wildman–Crippen LogP) is 3.16. The van der Waals surface area contributed by atoms with Crippen LogP contribution in [0.15, 0.2) is 29.1 Å². The number of aromatic nitrogens is 1. The van der Waals surface area contributed by atoms with E-state index in [0.29, 0.717) is 12.4 Å². The van der Waals surface area contributed by atoms with Crippen LogP contribution >= 0.6 is 0 Å². The summed E-state index contributed by atoms with van der Waals surface area (Å²) in [5.74, 6) is -0.495. The number of aromatic hydroxyl groups is 1. The van der Waals surface area contributed by atoms with Crippen molar-refractivity contribution in [2.24, 2.45) is 0 Å². The van der Waals surface area contributed by atoms with Gasteiger partial charge < -0.3 is 9.84 Å². The zero-order valence-corrected chi connectivity index (χ0v) is 15.2. The molecule has 0 saturated carbocycles. The third kappa shape index (κ3) is 3.47. The molecule has 0 saturated heterocycles.